The van der Waals surface area contributed by atoms with Crippen molar-refractivity contribution < 1.29 is 34.5 Å². The number of thioether (sulfide) groups is 2. The zero-order valence-electron chi connectivity index (χ0n) is 20.2. The smallest absolute Gasteiger partial charge is 0.352 e. The van der Waals surface area contributed by atoms with Gasteiger partial charge in [0.05, 0.1) is 0 Å². The molecule has 1 aromatic heterocycles. The van der Waals surface area contributed by atoms with Crippen LogP contribution in [0.15, 0.2) is 45.5 Å². The van der Waals surface area contributed by atoms with Gasteiger partial charge in [0.2, 0.25) is 5.91 Å². The molecule has 0 bridgehead atoms. The number of halogens is 1. The van der Waals surface area contributed by atoms with E-state index in [0.717, 1.165) is 16.7 Å². The van der Waals surface area contributed by atoms with E-state index in [1.807, 2.05) is 6.92 Å². The molecule has 0 saturated carbocycles. The second-order valence-corrected chi connectivity index (χ2v) is 11.0. The predicted octanol–water partition coefficient (Wildman–Crippen LogP) is 1.11. The third-order valence-electron chi connectivity index (χ3n) is 5.98. The number of aromatic hydroxyl groups is 1. The van der Waals surface area contributed by atoms with Crippen LogP contribution in [-0.2, 0) is 25.7 Å². The van der Waals surface area contributed by atoms with Crippen molar-refractivity contribution >= 4 is 58.9 Å². The number of carbonyl (C=O) groups excluding carboxylic acids is 2. The number of aliphatic carboxylic acids is 2. The molecule has 13 nitrogen and oxygen atoms in total. The predicted molar refractivity (Wildman–Crippen MR) is 140 cm³/mol. The molecule has 0 radical (unpaired) electrons. The first-order chi connectivity index (χ1) is 18.5. The molecule has 2 amide bonds. The Morgan fingerprint density at radius 3 is 2.51 bits per heavy atom. The monoisotopic (exact) mass is 595 g/mol. The number of hydrogen-bond donors (Lipinski definition) is 4. The average molecular weight is 596 g/mol. The van der Waals surface area contributed by atoms with Crippen LogP contribution in [0.2, 0.25) is 5.02 Å². The van der Waals surface area contributed by atoms with Crippen LogP contribution < -0.4 is 10.9 Å². The number of nitrogens with zero attached hydrogens (tertiary/aromatic N) is 4. The molecule has 2 aromatic rings. The summed E-state index contributed by atoms with van der Waals surface area (Å²) in [6.45, 7) is 2.10. The van der Waals surface area contributed by atoms with Crippen molar-refractivity contribution in [1.29, 1.82) is 0 Å². The van der Waals surface area contributed by atoms with Gasteiger partial charge in [-0.25, -0.2) is 4.79 Å². The molecule has 4 N–H and O–H groups in total. The molecular weight excluding hydrogens is 574 g/mol. The third-order valence-corrected chi connectivity index (χ3v) is 8.63. The Balaban J connectivity index is 1.52. The van der Waals surface area contributed by atoms with Crippen LogP contribution in [0.5, 0.6) is 5.88 Å². The van der Waals surface area contributed by atoms with Crippen molar-refractivity contribution in [2.45, 2.75) is 42.4 Å². The highest BCUT2D eigenvalue weighted by Gasteiger charge is 2.54. The Labute approximate surface area is 234 Å². The molecule has 3 atom stereocenters. The molecule has 0 aliphatic carbocycles. The van der Waals surface area contributed by atoms with Gasteiger partial charge in [0.1, 0.15) is 17.1 Å². The lowest BCUT2D eigenvalue weighted by molar-refractivity contribution is -0.152. The summed E-state index contributed by atoms with van der Waals surface area (Å²) in [7, 11) is 0. The molecule has 1 fully saturated rings. The minimum absolute atomic E-state index is 0.0718. The minimum Gasteiger partial charge on any atom is -0.488 e. The van der Waals surface area contributed by atoms with E-state index < -0.39 is 52.5 Å². The van der Waals surface area contributed by atoms with E-state index in [-0.39, 0.29) is 34.5 Å². The van der Waals surface area contributed by atoms with E-state index >= 15 is 0 Å². The van der Waals surface area contributed by atoms with E-state index in [2.05, 4.69) is 15.5 Å². The minimum atomic E-state index is -1.59. The highest BCUT2D eigenvalue weighted by atomic mass is 35.5. The summed E-state index contributed by atoms with van der Waals surface area (Å²) in [6.07, 6.45) is 0.579. The normalized spacial score (nSPS) is 19.2. The fraction of sp³-hybridized carbons (Fsp3) is 0.348. The number of rotatable bonds is 10. The Bertz CT molecular complexity index is 1430. The molecule has 1 saturated heterocycles. The van der Waals surface area contributed by atoms with Crippen LogP contribution in [0.1, 0.15) is 24.8 Å². The maximum absolute atomic E-state index is 13.0. The SMILES string of the molecule is CCCn1c(SCC2=C(C(=O)O)N3C(=O)C(NC(=O)C(C(=O)O)c4ccc(Cl)cc4)[C@@H]3SC2)nnc(O)c1=O. The second-order valence-electron chi connectivity index (χ2n) is 8.53. The quantitative estimate of drug-likeness (QED) is 0.174. The Hall–Kier alpha value is -3.56. The van der Waals surface area contributed by atoms with Gasteiger partial charge in [0.25, 0.3) is 11.8 Å². The molecule has 3 heterocycles. The molecule has 2 aliphatic heterocycles. The zero-order valence-corrected chi connectivity index (χ0v) is 22.6. The molecule has 1 aromatic carbocycles. The van der Waals surface area contributed by atoms with Gasteiger partial charge in [0, 0.05) is 23.1 Å². The van der Waals surface area contributed by atoms with Crippen molar-refractivity contribution in [1.82, 2.24) is 25.0 Å². The van der Waals surface area contributed by atoms with Crippen molar-refractivity contribution in [2.24, 2.45) is 0 Å². The third kappa shape index (κ3) is 5.60. The standard InChI is InChI=1S/C23H22ClN5O8S2/c1-2-7-28-19(33)17(31)26-27-23(28)39-9-11-8-38-20-14(18(32)29(20)15(11)22(36)37)25-16(30)13(21(34)35)10-3-5-12(24)6-4-10/h3-6,13-14,20H,2,7-9H2,1H3,(H,25,30)(H,26,31)(H,34,35)(H,36,37)/t13?,14?,20-/m0/s1. The van der Waals surface area contributed by atoms with E-state index in [1.165, 1.54) is 40.6 Å². The lowest BCUT2D eigenvalue weighted by Crippen LogP contribution is -2.71. The number of carbonyl (C=O) groups is 4. The fourth-order valence-electron chi connectivity index (χ4n) is 4.17. The van der Waals surface area contributed by atoms with Crippen LogP contribution in [0.3, 0.4) is 0 Å². The molecule has 0 spiro atoms. The van der Waals surface area contributed by atoms with E-state index in [0.29, 0.717) is 17.0 Å². The number of amides is 2. The molecule has 2 unspecified atom stereocenters. The number of aromatic nitrogens is 3. The number of hydrogen-bond acceptors (Lipinski definition) is 10. The average Bonchev–Trinajstić information content (AvgIpc) is 2.90. The van der Waals surface area contributed by atoms with Crippen LogP contribution >= 0.6 is 35.1 Å². The first-order valence-corrected chi connectivity index (χ1v) is 13.9. The van der Waals surface area contributed by atoms with Gasteiger partial charge in [0.15, 0.2) is 11.1 Å². The van der Waals surface area contributed by atoms with Crippen molar-refractivity contribution in [3.8, 4) is 5.88 Å². The molecule has 2 aliphatic rings. The Morgan fingerprint density at radius 1 is 1.21 bits per heavy atom. The summed E-state index contributed by atoms with van der Waals surface area (Å²) in [5.74, 6) is -6.43. The number of β-lactam (4-membered cyclic amide) rings is 1. The van der Waals surface area contributed by atoms with Gasteiger partial charge in [-0.05, 0) is 29.7 Å². The van der Waals surface area contributed by atoms with E-state index in [4.69, 9.17) is 11.6 Å². The molecular formula is C23H22ClN5O8S2. The topological polar surface area (TPSA) is 192 Å². The van der Waals surface area contributed by atoms with Gasteiger partial charge >= 0.3 is 17.5 Å². The second kappa shape index (κ2) is 11.7. The van der Waals surface area contributed by atoms with Crippen LogP contribution in [-0.4, -0.2) is 81.7 Å². The first kappa shape index (κ1) is 28.4. The summed E-state index contributed by atoms with van der Waals surface area (Å²) in [5, 5.41) is 38.7. The Morgan fingerprint density at radius 2 is 1.90 bits per heavy atom. The van der Waals surface area contributed by atoms with Crippen LogP contribution in [0.4, 0.5) is 0 Å². The highest BCUT2D eigenvalue weighted by Crippen LogP contribution is 2.41. The van der Waals surface area contributed by atoms with Gasteiger partial charge in [-0.15, -0.1) is 22.0 Å². The number of carboxylic acids is 2. The van der Waals surface area contributed by atoms with Crippen LogP contribution in [0.25, 0.3) is 0 Å². The Kier molecular flexibility index (Phi) is 8.51. The largest absolute Gasteiger partial charge is 0.488 e. The van der Waals surface area contributed by atoms with Gasteiger partial charge in [-0.1, -0.05) is 42.4 Å². The summed E-state index contributed by atoms with van der Waals surface area (Å²) in [4.78, 5) is 63.1. The van der Waals surface area contributed by atoms with Crippen molar-refractivity contribution in [3.05, 3.63) is 56.5 Å². The first-order valence-electron chi connectivity index (χ1n) is 11.5. The number of benzene rings is 1. The summed E-state index contributed by atoms with van der Waals surface area (Å²) < 4.78 is 1.24. The van der Waals surface area contributed by atoms with Crippen molar-refractivity contribution in [3.63, 3.8) is 0 Å². The summed E-state index contributed by atoms with van der Waals surface area (Å²) in [6, 6.07) is 4.58. The number of fused-ring (bicyclic) bond motifs is 1. The van der Waals surface area contributed by atoms with Gasteiger partial charge < -0.3 is 20.6 Å². The maximum Gasteiger partial charge on any atom is 0.352 e. The molecule has 16 heteroatoms. The summed E-state index contributed by atoms with van der Waals surface area (Å²) in [5.41, 5.74) is -0.393. The zero-order chi connectivity index (χ0) is 28.4. The molecule has 39 heavy (non-hydrogen) atoms. The van der Waals surface area contributed by atoms with E-state index in [9.17, 15) is 39.3 Å². The van der Waals surface area contributed by atoms with Gasteiger partial charge in [-0.2, -0.15) is 0 Å². The van der Waals surface area contributed by atoms with Crippen molar-refractivity contribution in [2.75, 3.05) is 11.5 Å². The number of nitrogens with one attached hydrogen (secondary N) is 1. The highest BCUT2D eigenvalue weighted by molar-refractivity contribution is 8.01. The van der Waals surface area contributed by atoms with E-state index in [1.54, 1.807) is 0 Å². The number of carboxylic acid groups (broad SMARTS) is 2. The summed E-state index contributed by atoms with van der Waals surface area (Å²) >= 11 is 8.10. The van der Waals surface area contributed by atoms with Crippen LogP contribution in [0, 0.1) is 0 Å². The molecule has 4 rings (SSSR count). The maximum atomic E-state index is 13.0. The lowest BCUT2D eigenvalue weighted by atomic mass is 9.96. The lowest BCUT2D eigenvalue weighted by Gasteiger charge is -2.49. The fourth-order valence-corrected chi connectivity index (χ4v) is 6.74. The van der Waals surface area contributed by atoms with Gasteiger partial charge in [-0.3, -0.25) is 28.6 Å². The molecule has 206 valence electrons.